The van der Waals surface area contributed by atoms with Crippen molar-refractivity contribution in [2.75, 3.05) is 4.90 Å². The summed E-state index contributed by atoms with van der Waals surface area (Å²) in [7, 11) is 0. The number of aromatic nitrogens is 1. The third kappa shape index (κ3) is 1.55. The number of anilines is 1. The maximum atomic E-state index is 6.09. The van der Waals surface area contributed by atoms with E-state index in [9.17, 15) is 0 Å². The van der Waals surface area contributed by atoms with Gasteiger partial charge in [-0.1, -0.05) is 0 Å². The van der Waals surface area contributed by atoms with Crippen LogP contribution in [0.3, 0.4) is 0 Å². The summed E-state index contributed by atoms with van der Waals surface area (Å²) in [5, 5.41) is 1.23. The van der Waals surface area contributed by atoms with E-state index in [1.54, 1.807) is 0 Å². The van der Waals surface area contributed by atoms with Gasteiger partial charge in [0.1, 0.15) is 0 Å². The standard InChI is InChI=1S/C12H19N3S/c1-7-8(2)16-12(14-7)15-10-3-4-11(15)6-9(13)5-10/h9-11H,3-6,13H2,1-2H3. The summed E-state index contributed by atoms with van der Waals surface area (Å²) in [5.41, 5.74) is 7.28. The third-order valence-electron chi connectivity index (χ3n) is 4.01. The molecule has 0 spiro atoms. The summed E-state index contributed by atoms with van der Waals surface area (Å²) in [5.74, 6) is 0. The molecule has 0 aromatic carbocycles. The first-order valence-corrected chi connectivity index (χ1v) is 6.94. The van der Waals surface area contributed by atoms with Gasteiger partial charge in [-0.05, 0) is 39.5 Å². The number of fused-ring (bicyclic) bond motifs is 2. The maximum Gasteiger partial charge on any atom is 0.186 e. The maximum absolute atomic E-state index is 6.09. The van der Waals surface area contributed by atoms with Crippen molar-refractivity contribution in [1.29, 1.82) is 0 Å². The number of hydrogen-bond acceptors (Lipinski definition) is 4. The number of hydrogen-bond donors (Lipinski definition) is 1. The second-order valence-electron chi connectivity index (χ2n) is 5.16. The summed E-state index contributed by atoms with van der Waals surface area (Å²) < 4.78 is 0. The molecule has 88 valence electrons. The first-order valence-electron chi connectivity index (χ1n) is 6.13. The Labute approximate surface area is 101 Å². The highest BCUT2D eigenvalue weighted by molar-refractivity contribution is 7.15. The van der Waals surface area contributed by atoms with E-state index in [-0.39, 0.29) is 0 Å². The predicted octanol–water partition coefficient (Wildman–Crippen LogP) is 2.22. The van der Waals surface area contributed by atoms with Crippen LogP contribution in [0.5, 0.6) is 0 Å². The summed E-state index contributed by atoms with van der Waals surface area (Å²) in [6.07, 6.45) is 4.90. The van der Waals surface area contributed by atoms with Crippen molar-refractivity contribution < 1.29 is 0 Å². The number of rotatable bonds is 1. The lowest BCUT2D eigenvalue weighted by atomic mass is 9.99. The van der Waals surface area contributed by atoms with Crippen LogP contribution in [-0.2, 0) is 0 Å². The molecule has 0 amide bonds. The van der Waals surface area contributed by atoms with Crippen molar-refractivity contribution in [2.24, 2.45) is 5.73 Å². The molecule has 2 N–H and O–H groups in total. The Kier molecular flexibility index (Phi) is 2.44. The molecule has 2 bridgehead atoms. The number of nitrogens with zero attached hydrogens (tertiary/aromatic N) is 2. The van der Waals surface area contributed by atoms with Gasteiger partial charge in [-0.25, -0.2) is 4.98 Å². The molecule has 3 heterocycles. The minimum absolute atomic E-state index is 0.413. The van der Waals surface area contributed by atoms with Crippen molar-refractivity contribution in [3.63, 3.8) is 0 Å². The summed E-state index contributed by atoms with van der Waals surface area (Å²) in [6, 6.07) is 1.72. The lowest BCUT2D eigenvalue weighted by Crippen LogP contribution is -2.47. The van der Waals surface area contributed by atoms with Gasteiger partial charge >= 0.3 is 0 Å². The van der Waals surface area contributed by atoms with E-state index in [0.29, 0.717) is 18.1 Å². The van der Waals surface area contributed by atoms with Crippen LogP contribution >= 0.6 is 11.3 Å². The quantitative estimate of drug-likeness (QED) is 0.814. The molecule has 3 nitrogen and oxygen atoms in total. The average Bonchev–Trinajstić information content (AvgIpc) is 2.67. The van der Waals surface area contributed by atoms with Gasteiger partial charge < -0.3 is 10.6 Å². The molecule has 2 atom stereocenters. The smallest absolute Gasteiger partial charge is 0.186 e. The molecular weight excluding hydrogens is 218 g/mol. The second kappa shape index (κ2) is 3.70. The van der Waals surface area contributed by atoms with Gasteiger partial charge in [-0.3, -0.25) is 0 Å². The van der Waals surface area contributed by atoms with Gasteiger partial charge in [-0.15, -0.1) is 11.3 Å². The Morgan fingerprint density at radius 2 is 1.88 bits per heavy atom. The van der Waals surface area contributed by atoms with E-state index in [1.165, 1.54) is 28.5 Å². The fourth-order valence-electron chi connectivity index (χ4n) is 3.10. The van der Waals surface area contributed by atoms with Crippen molar-refractivity contribution in [2.45, 2.75) is 57.7 Å². The highest BCUT2D eigenvalue weighted by Gasteiger charge is 2.40. The van der Waals surface area contributed by atoms with Crippen LogP contribution < -0.4 is 10.6 Å². The third-order valence-corrected chi connectivity index (χ3v) is 5.09. The number of thiazole rings is 1. The highest BCUT2D eigenvalue weighted by Crippen LogP contribution is 2.40. The second-order valence-corrected chi connectivity index (χ2v) is 6.34. The van der Waals surface area contributed by atoms with E-state index in [2.05, 4.69) is 18.7 Å². The molecule has 0 radical (unpaired) electrons. The normalized spacial score (nSPS) is 33.4. The fraction of sp³-hybridized carbons (Fsp3) is 0.750. The van der Waals surface area contributed by atoms with Crippen molar-refractivity contribution >= 4 is 16.5 Å². The zero-order valence-corrected chi connectivity index (χ0v) is 10.8. The van der Waals surface area contributed by atoms with E-state index < -0.39 is 0 Å². The van der Waals surface area contributed by atoms with E-state index in [4.69, 9.17) is 10.7 Å². The Balaban J connectivity index is 1.90. The van der Waals surface area contributed by atoms with Gasteiger partial charge in [0.2, 0.25) is 0 Å². The molecule has 2 aliphatic rings. The van der Waals surface area contributed by atoms with Crippen LogP contribution in [0.2, 0.25) is 0 Å². The topological polar surface area (TPSA) is 42.2 Å². The van der Waals surface area contributed by atoms with Crippen molar-refractivity contribution in [3.05, 3.63) is 10.6 Å². The van der Waals surface area contributed by atoms with Gasteiger partial charge in [-0.2, -0.15) is 0 Å². The van der Waals surface area contributed by atoms with Crippen LogP contribution in [0.15, 0.2) is 0 Å². The Bertz CT molecular complexity index is 367. The zero-order chi connectivity index (χ0) is 11.3. The lowest BCUT2D eigenvalue weighted by molar-refractivity contribution is 0.414. The van der Waals surface area contributed by atoms with Crippen LogP contribution in [-0.4, -0.2) is 23.1 Å². The molecule has 2 fully saturated rings. The molecule has 2 aliphatic heterocycles. The number of aryl methyl sites for hydroxylation is 2. The number of nitrogens with two attached hydrogens (primary N) is 1. The lowest BCUT2D eigenvalue weighted by Gasteiger charge is -2.37. The average molecular weight is 237 g/mol. The first-order chi connectivity index (χ1) is 7.65. The monoisotopic (exact) mass is 237 g/mol. The minimum Gasteiger partial charge on any atom is -0.342 e. The van der Waals surface area contributed by atoms with Crippen LogP contribution in [0.1, 0.15) is 36.3 Å². The molecule has 4 heteroatoms. The zero-order valence-electron chi connectivity index (χ0n) is 9.94. The molecular formula is C12H19N3S. The minimum atomic E-state index is 0.413. The van der Waals surface area contributed by atoms with E-state index in [1.807, 2.05) is 11.3 Å². The van der Waals surface area contributed by atoms with Crippen LogP contribution in [0.25, 0.3) is 0 Å². The summed E-state index contributed by atoms with van der Waals surface area (Å²) >= 11 is 1.84. The van der Waals surface area contributed by atoms with Gasteiger partial charge in [0.05, 0.1) is 5.69 Å². The van der Waals surface area contributed by atoms with E-state index in [0.717, 1.165) is 12.8 Å². The molecule has 0 aliphatic carbocycles. The number of piperidine rings is 1. The van der Waals surface area contributed by atoms with Crippen LogP contribution in [0, 0.1) is 13.8 Å². The fourth-order valence-corrected chi connectivity index (χ4v) is 4.15. The molecule has 1 aromatic heterocycles. The Hall–Kier alpha value is -0.610. The summed E-state index contributed by atoms with van der Waals surface area (Å²) in [4.78, 5) is 8.60. The van der Waals surface area contributed by atoms with Gasteiger partial charge in [0.15, 0.2) is 5.13 Å². The van der Waals surface area contributed by atoms with Gasteiger partial charge in [0.25, 0.3) is 0 Å². The largest absolute Gasteiger partial charge is 0.342 e. The molecule has 0 saturated carbocycles. The summed E-state index contributed by atoms with van der Waals surface area (Å²) in [6.45, 7) is 4.26. The van der Waals surface area contributed by atoms with Crippen molar-refractivity contribution in [3.8, 4) is 0 Å². The predicted molar refractivity (Wildman–Crippen MR) is 68.1 cm³/mol. The van der Waals surface area contributed by atoms with Crippen LogP contribution in [0.4, 0.5) is 5.13 Å². The van der Waals surface area contributed by atoms with Gasteiger partial charge in [0, 0.05) is 23.0 Å². The van der Waals surface area contributed by atoms with E-state index >= 15 is 0 Å². The highest BCUT2D eigenvalue weighted by atomic mass is 32.1. The molecule has 16 heavy (non-hydrogen) atoms. The molecule has 2 unspecified atom stereocenters. The Morgan fingerprint density at radius 3 is 2.38 bits per heavy atom. The molecule has 2 saturated heterocycles. The SMILES string of the molecule is Cc1nc(N2C3CCC2CC(N)C3)sc1C. The van der Waals surface area contributed by atoms with Crippen molar-refractivity contribution in [1.82, 2.24) is 4.98 Å². The Morgan fingerprint density at radius 1 is 1.25 bits per heavy atom. The first kappa shape index (κ1) is 10.5. The molecule has 3 rings (SSSR count). The molecule has 1 aromatic rings.